The molecule has 1 aliphatic rings. The van der Waals surface area contributed by atoms with Crippen molar-refractivity contribution in [3.8, 4) is 11.1 Å². The lowest BCUT2D eigenvalue weighted by atomic mass is 9.92. The lowest BCUT2D eigenvalue weighted by molar-refractivity contribution is 1.18. The zero-order valence-corrected chi connectivity index (χ0v) is 14.1. The molecule has 0 heterocycles. The van der Waals surface area contributed by atoms with Gasteiger partial charge in [0, 0.05) is 4.47 Å². The Hall–Kier alpha value is -1.34. The Morgan fingerprint density at radius 1 is 0.950 bits per heavy atom. The Bertz CT molecular complexity index is 713. The number of halogens is 1. The van der Waals surface area contributed by atoms with E-state index in [-0.39, 0.29) is 0 Å². The number of benzene rings is 2. The number of hydrogen-bond acceptors (Lipinski definition) is 0. The molecule has 0 amide bonds. The number of aryl methyl sites for hydroxylation is 3. The van der Waals surface area contributed by atoms with Gasteiger partial charge in [0.15, 0.2) is 0 Å². The maximum absolute atomic E-state index is 3.85. The monoisotopic (exact) mass is 326 g/mol. The topological polar surface area (TPSA) is 0 Å². The molecular formula is C19H19Br. The second-order valence-electron chi connectivity index (χ2n) is 5.94. The summed E-state index contributed by atoms with van der Waals surface area (Å²) in [5.41, 5.74) is 11.0. The van der Waals surface area contributed by atoms with Gasteiger partial charge in [-0.05, 0) is 83.4 Å². The van der Waals surface area contributed by atoms with Crippen LogP contribution in [0.15, 0.2) is 34.3 Å². The van der Waals surface area contributed by atoms with Crippen molar-refractivity contribution in [2.75, 3.05) is 0 Å². The molecule has 0 aliphatic heterocycles. The molecule has 0 spiro atoms. The van der Waals surface area contributed by atoms with E-state index in [2.05, 4.69) is 74.0 Å². The van der Waals surface area contributed by atoms with Gasteiger partial charge >= 0.3 is 0 Å². The largest absolute Gasteiger partial charge is 0.0683 e. The predicted octanol–water partition coefficient (Wildman–Crippen LogP) is 6.00. The molecule has 2 aromatic carbocycles. The number of rotatable bonds is 1. The summed E-state index contributed by atoms with van der Waals surface area (Å²) < 4.78 is 1.26. The Kier molecular flexibility index (Phi) is 3.33. The summed E-state index contributed by atoms with van der Waals surface area (Å²) in [6.45, 7) is 8.78. The van der Waals surface area contributed by atoms with Crippen LogP contribution in [0.25, 0.3) is 17.2 Å². The van der Waals surface area contributed by atoms with Crippen LogP contribution in [-0.4, -0.2) is 0 Å². The minimum absolute atomic E-state index is 1.06. The van der Waals surface area contributed by atoms with Crippen molar-refractivity contribution in [1.82, 2.24) is 0 Å². The van der Waals surface area contributed by atoms with Crippen LogP contribution in [0.3, 0.4) is 0 Å². The summed E-state index contributed by atoms with van der Waals surface area (Å²) in [7, 11) is 0. The minimum Gasteiger partial charge on any atom is -0.0683 e. The molecule has 0 saturated carbocycles. The van der Waals surface area contributed by atoms with E-state index in [9.17, 15) is 0 Å². The molecule has 0 radical (unpaired) electrons. The summed E-state index contributed by atoms with van der Waals surface area (Å²) in [5, 5.41) is 0. The van der Waals surface area contributed by atoms with Gasteiger partial charge in [-0.3, -0.25) is 0 Å². The normalized spacial score (nSPS) is 13.3. The first-order valence-corrected chi connectivity index (χ1v) is 7.83. The fourth-order valence-corrected chi connectivity index (χ4v) is 4.04. The molecule has 0 bridgehead atoms. The summed E-state index contributed by atoms with van der Waals surface area (Å²) in [5.74, 6) is 0. The molecule has 0 saturated heterocycles. The quantitative estimate of drug-likeness (QED) is 0.602. The van der Waals surface area contributed by atoms with Gasteiger partial charge in [-0.25, -0.2) is 0 Å². The van der Waals surface area contributed by atoms with Crippen LogP contribution >= 0.6 is 15.9 Å². The lowest BCUT2D eigenvalue weighted by Crippen LogP contribution is -1.94. The third-order valence-electron chi connectivity index (χ3n) is 4.08. The highest BCUT2D eigenvalue weighted by atomic mass is 79.9. The Labute approximate surface area is 129 Å². The first kappa shape index (κ1) is 13.6. The highest BCUT2D eigenvalue weighted by Crippen LogP contribution is 2.40. The standard InChI is InChI=1S/C19H19Br/c1-11-7-13(3)18(14(4)8-11)16-6-5-15-9-12(2)10-17(15)19(16)20/h5-9H,10H2,1-4H3. The number of hydrogen-bond donors (Lipinski definition) is 0. The van der Waals surface area contributed by atoms with Crippen molar-refractivity contribution in [3.05, 3.63) is 62.1 Å². The van der Waals surface area contributed by atoms with Crippen molar-refractivity contribution in [3.63, 3.8) is 0 Å². The van der Waals surface area contributed by atoms with Crippen LogP contribution in [0.4, 0.5) is 0 Å². The van der Waals surface area contributed by atoms with E-state index in [1.165, 1.54) is 49.0 Å². The summed E-state index contributed by atoms with van der Waals surface area (Å²) in [4.78, 5) is 0. The molecule has 20 heavy (non-hydrogen) atoms. The molecule has 2 aromatic rings. The molecule has 102 valence electrons. The molecule has 1 heteroatoms. The van der Waals surface area contributed by atoms with E-state index in [1.807, 2.05) is 0 Å². The fraction of sp³-hybridized carbons (Fsp3) is 0.263. The van der Waals surface area contributed by atoms with Crippen LogP contribution in [-0.2, 0) is 6.42 Å². The summed E-state index contributed by atoms with van der Waals surface area (Å²) >= 11 is 3.85. The molecule has 0 fully saturated rings. The van der Waals surface area contributed by atoms with E-state index in [4.69, 9.17) is 0 Å². The van der Waals surface area contributed by atoms with Crippen molar-refractivity contribution in [2.45, 2.75) is 34.1 Å². The van der Waals surface area contributed by atoms with Gasteiger partial charge in [-0.15, -0.1) is 0 Å². The third kappa shape index (κ3) is 2.14. The Morgan fingerprint density at radius 3 is 2.25 bits per heavy atom. The van der Waals surface area contributed by atoms with Gasteiger partial charge < -0.3 is 0 Å². The van der Waals surface area contributed by atoms with Crippen molar-refractivity contribution in [1.29, 1.82) is 0 Å². The average Bonchev–Trinajstić information content (AvgIpc) is 2.72. The van der Waals surface area contributed by atoms with Gasteiger partial charge in [0.2, 0.25) is 0 Å². The minimum atomic E-state index is 1.06. The average molecular weight is 327 g/mol. The first-order valence-electron chi connectivity index (χ1n) is 7.04. The zero-order valence-electron chi connectivity index (χ0n) is 12.5. The smallest absolute Gasteiger partial charge is 0.0295 e. The highest BCUT2D eigenvalue weighted by molar-refractivity contribution is 9.10. The van der Waals surface area contributed by atoms with Crippen molar-refractivity contribution in [2.24, 2.45) is 0 Å². The Balaban J connectivity index is 2.22. The van der Waals surface area contributed by atoms with Crippen LogP contribution in [0, 0.1) is 20.8 Å². The van der Waals surface area contributed by atoms with E-state index < -0.39 is 0 Å². The zero-order chi connectivity index (χ0) is 14.4. The first-order chi connectivity index (χ1) is 9.47. The van der Waals surface area contributed by atoms with Crippen LogP contribution < -0.4 is 0 Å². The molecule has 0 atom stereocenters. The molecule has 3 rings (SSSR count). The molecular weight excluding hydrogens is 308 g/mol. The lowest BCUT2D eigenvalue weighted by Gasteiger charge is -2.15. The number of allylic oxidation sites excluding steroid dienone is 1. The predicted molar refractivity (Wildman–Crippen MR) is 91.1 cm³/mol. The Morgan fingerprint density at radius 2 is 1.60 bits per heavy atom. The number of fused-ring (bicyclic) bond motifs is 1. The summed E-state index contributed by atoms with van der Waals surface area (Å²) in [6.07, 6.45) is 3.35. The maximum atomic E-state index is 3.85. The third-order valence-corrected chi connectivity index (χ3v) is 4.99. The van der Waals surface area contributed by atoms with Gasteiger partial charge in [0.1, 0.15) is 0 Å². The van der Waals surface area contributed by atoms with E-state index >= 15 is 0 Å². The van der Waals surface area contributed by atoms with E-state index in [1.54, 1.807) is 0 Å². The molecule has 0 unspecified atom stereocenters. The van der Waals surface area contributed by atoms with Gasteiger partial charge in [-0.2, -0.15) is 0 Å². The second kappa shape index (κ2) is 4.89. The SMILES string of the molecule is CC1=Cc2ccc(-c3c(C)cc(C)cc3C)c(Br)c2C1. The van der Waals surface area contributed by atoms with Gasteiger partial charge in [-0.1, -0.05) is 41.5 Å². The van der Waals surface area contributed by atoms with E-state index in [0.717, 1.165) is 6.42 Å². The van der Waals surface area contributed by atoms with Crippen molar-refractivity contribution < 1.29 is 0 Å². The van der Waals surface area contributed by atoms with Crippen LogP contribution in [0.5, 0.6) is 0 Å². The molecule has 0 nitrogen and oxygen atoms in total. The fourth-order valence-electron chi connectivity index (χ4n) is 3.34. The second-order valence-corrected chi connectivity index (χ2v) is 6.73. The van der Waals surface area contributed by atoms with Gasteiger partial charge in [0.25, 0.3) is 0 Å². The van der Waals surface area contributed by atoms with Gasteiger partial charge in [0.05, 0.1) is 0 Å². The van der Waals surface area contributed by atoms with E-state index in [0.29, 0.717) is 0 Å². The van der Waals surface area contributed by atoms with Crippen LogP contribution in [0.1, 0.15) is 34.7 Å². The highest BCUT2D eigenvalue weighted by Gasteiger charge is 2.18. The summed E-state index contributed by atoms with van der Waals surface area (Å²) in [6, 6.07) is 9.05. The molecule has 0 aromatic heterocycles. The maximum Gasteiger partial charge on any atom is 0.0295 e. The molecule has 1 aliphatic carbocycles. The van der Waals surface area contributed by atoms with Crippen molar-refractivity contribution >= 4 is 22.0 Å². The molecule has 0 N–H and O–H groups in total. The van der Waals surface area contributed by atoms with Crippen LogP contribution in [0.2, 0.25) is 0 Å².